The van der Waals surface area contributed by atoms with Crippen LogP contribution in [0, 0.1) is 3.57 Å². The largest absolute Gasteiger partial charge is 0.433 e. The molecule has 3 nitrogen and oxygen atoms in total. The molecule has 0 amide bonds. The van der Waals surface area contributed by atoms with Crippen LogP contribution in [-0.4, -0.2) is 9.97 Å². The summed E-state index contributed by atoms with van der Waals surface area (Å²) in [5, 5.41) is 2.73. The number of hydrogen-bond acceptors (Lipinski definition) is 3. The molecule has 18 heavy (non-hydrogen) atoms. The quantitative estimate of drug-likeness (QED) is 0.822. The van der Waals surface area contributed by atoms with Gasteiger partial charge < -0.3 is 5.32 Å². The predicted octanol–water partition coefficient (Wildman–Crippen LogP) is 3.84. The third-order valence-corrected chi connectivity index (χ3v) is 2.70. The third kappa shape index (κ3) is 3.31. The molecule has 0 aliphatic carbocycles. The van der Waals surface area contributed by atoms with Gasteiger partial charge in [0.2, 0.25) is 5.95 Å². The fourth-order valence-electron chi connectivity index (χ4n) is 1.27. The van der Waals surface area contributed by atoms with Crippen LogP contribution in [0.4, 0.5) is 24.8 Å². The molecule has 2 rings (SSSR count). The lowest BCUT2D eigenvalue weighted by Crippen LogP contribution is -2.10. The molecule has 0 aliphatic heterocycles. The third-order valence-electron chi connectivity index (χ3n) is 2.03. The van der Waals surface area contributed by atoms with Gasteiger partial charge in [-0.05, 0) is 46.9 Å². The molecule has 0 fully saturated rings. The Kier molecular flexibility index (Phi) is 3.69. The molecule has 94 valence electrons. The van der Waals surface area contributed by atoms with E-state index in [4.69, 9.17) is 0 Å². The number of aromatic nitrogens is 2. The van der Waals surface area contributed by atoms with Crippen molar-refractivity contribution in [3.63, 3.8) is 0 Å². The highest BCUT2D eigenvalue weighted by Gasteiger charge is 2.32. The Morgan fingerprint density at radius 1 is 1.17 bits per heavy atom. The Morgan fingerprint density at radius 2 is 1.94 bits per heavy atom. The van der Waals surface area contributed by atoms with Crippen LogP contribution in [0.1, 0.15) is 5.69 Å². The van der Waals surface area contributed by atoms with Gasteiger partial charge in [-0.1, -0.05) is 6.07 Å². The second-order valence-corrected chi connectivity index (χ2v) is 4.64. The summed E-state index contributed by atoms with van der Waals surface area (Å²) in [5.41, 5.74) is -0.327. The lowest BCUT2D eigenvalue weighted by Gasteiger charge is -2.08. The van der Waals surface area contributed by atoms with E-state index < -0.39 is 11.9 Å². The first-order valence-corrected chi connectivity index (χ1v) is 5.96. The minimum Gasteiger partial charge on any atom is -0.324 e. The van der Waals surface area contributed by atoms with Gasteiger partial charge in [0.25, 0.3) is 0 Å². The van der Waals surface area contributed by atoms with Gasteiger partial charge >= 0.3 is 6.18 Å². The SMILES string of the molecule is FC(F)(F)c1ccnc(Nc2cccc(I)c2)n1. The van der Waals surface area contributed by atoms with Crippen LogP contribution in [-0.2, 0) is 6.18 Å². The van der Waals surface area contributed by atoms with Crippen molar-refractivity contribution < 1.29 is 13.2 Å². The minimum absolute atomic E-state index is 0.0770. The standard InChI is InChI=1S/C11H7F3IN3/c12-11(13,14)9-4-5-16-10(18-9)17-8-3-1-2-7(15)6-8/h1-6H,(H,16,17,18). The van der Waals surface area contributed by atoms with E-state index in [1.807, 2.05) is 6.07 Å². The van der Waals surface area contributed by atoms with Crippen molar-refractivity contribution in [3.05, 3.63) is 45.8 Å². The number of nitrogens with zero attached hydrogens (tertiary/aromatic N) is 2. The summed E-state index contributed by atoms with van der Waals surface area (Å²) < 4.78 is 38.3. The normalized spacial score (nSPS) is 11.3. The smallest absolute Gasteiger partial charge is 0.324 e. The van der Waals surface area contributed by atoms with Gasteiger partial charge in [0, 0.05) is 15.5 Å². The zero-order chi connectivity index (χ0) is 13.2. The van der Waals surface area contributed by atoms with E-state index >= 15 is 0 Å². The van der Waals surface area contributed by atoms with E-state index in [-0.39, 0.29) is 5.95 Å². The van der Waals surface area contributed by atoms with E-state index in [2.05, 4.69) is 37.9 Å². The Labute approximate surface area is 115 Å². The molecule has 1 N–H and O–H groups in total. The number of nitrogens with one attached hydrogen (secondary N) is 1. The number of halogens is 4. The maximum Gasteiger partial charge on any atom is 0.433 e. The van der Waals surface area contributed by atoms with Crippen molar-refractivity contribution in [1.29, 1.82) is 0 Å². The molecular formula is C11H7F3IN3. The zero-order valence-corrected chi connectivity index (χ0v) is 11.0. The lowest BCUT2D eigenvalue weighted by atomic mass is 10.3. The second-order valence-electron chi connectivity index (χ2n) is 3.40. The molecular weight excluding hydrogens is 358 g/mol. The average Bonchev–Trinajstić information content (AvgIpc) is 2.28. The second kappa shape index (κ2) is 5.09. The maximum atomic E-state index is 12.5. The number of alkyl halides is 3. The fraction of sp³-hybridized carbons (Fsp3) is 0.0909. The summed E-state index contributed by atoms with van der Waals surface area (Å²) >= 11 is 2.11. The Hall–Kier alpha value is -1.38. The average molecular weight is 365 g/mol. The van der Waals surface area contributed by atoms with E-state index in [9.17, 15) is 13.2 Å². The van der Waals surface area contributed by atoms with Gasteiger partial charge in [0.05, 0.1) is 0 Å². The number of benzene rings is 1. The van der Waals surface area contributed by atoms with Crippen LogP contribution in [0.5, 0.6) is 0 Å². The van der Waals surface area contributed by atoms with Crippen LogP contribution in [0.15, 0.2) is 36.5 Å². The van der Waals surface area contributed by atoms with Crippen LogP contribution < -0.4 is 5.32 Å². The van der Waals surface area contributed by atoms with E-state index in [0.717, 1.165) is 15.8 Å². The summed E-state index contributed by atoms with van der Waals surface area (Å²) in [6.07, 6.45) is -3.39. The van der Waals surface area contributed by atoms with Gasteiger partial charge in [-0.15, -0.1) is 0 Å². The minimum atomic E-state index is -4.47. The van der Waals surface area contributed by atoms with Crippen LogP contribution in [0.2, 0.25) is 0 Å². The molecule has 0 radical (unpaired) electrons. The van der Waals surface area contributed by atoms with Gasteiger partial charge in [0.1, 0.15) is 5.69 Å². The molecule has 0 aliphatic rings. The van der Waals surface area contributed by atoms with E-state index in [1.54, 1.807) is 18.2 Å². The monoisotopic (exact) mass is 365 g/mol. The molecule has 0 atom stereocenters. The maximum absolute atomic E-state index is 12.5. The summed E-state index contributed by atoms with van der Waals surface area (Å²) in [4.78, 5) is 7.17. The van der Waals surface area contributed by atoms with E-state index in [0.29, 0.717) is 5.69 Å². The van der Waals surface area contributed by atoms with Crippen molar-refractivity contribution in [2.45, 2.75) is 6.18 Å². The molecule has 0 saturated heterocycles. The topological polar surface area (TPSA) is 37.8 Å². The highest BCUT2D eigenvalue weighted by molar-refractivity contribution is 14.1. The summed E-state index contributed by atoms with van der Waals surface area (Å²) in [5.74, 6) is -0.0770. The highest BCUT2D eigenvalue weighted by Crippen LogP contribution is 2.28. The van der Waals surface area contributed by atoms with Crippen LogP contribution >= 0.6 is 22.6 Å². The Balaban J connectivity index is 2.25. The van der Waals surface area contributed by atoms with Crippen molar-refractivity contribution >= 4 is 34.2 Å². The number of anilines is 2. The Morgan fingerprint density at radius 3 is 2.61 bits per heavy atom. The van der Waals surface area contributed by atoms with Crippen molar-refractivity contribution in [3.8, 4) is 0 Å². The lowest BCUT2D eigenvalue weighted by molar-refractivity contribution is -0.141. The summed E-state index contributed by atoms with van der Waals surface area (Å²) in [6.45, 7) is 0. The van der Waals surface area contributed by atoms with Crippen molar-refractivity contribution in [2.75, 3.05) is 5.32 Å². The van der Waals surface area contributed by atoms with Crippen LogP contribution in [0.25, 0.3) is 0 Å². The first-order chi connectivity index (χ1) is 8.45. The Bertz CT molecular complexity index is 557. The molecule has 7 heteroatoms. The molecule has 0 spiro atoms. The van der Waals surface area contributed by atoms with E-state index in [1.165, 1.54) is 0 Å². The number of rotatable bonds is 2. The van der Waals surface area contributed by atoms with Crippen LogP contribution in [0.3, 0.4) is 0 Å². The zero-order valence-electron chi connectivity index (χ0n) is 8.87. The van der Waals surface area contributed by atoms with Gasteiger partial charge in [-0.2, -0.15) is 13.2 Å². The molecule has 1 heterocycles. The predicted molar refractivity (Wildman–Crippen MR) is 69.5 cm³/mol. The van der Waals surface area contributed by atoms with Gasteiger partial charge in [-0.25, -0.2) is 9.97 Å². The van der Waals surface area contributed by atoms with Crippen molar-refractivity contribution in [2.24, 2.45) is 0 Å². The summed E-state index contributed by atoms with van der Waals surface area (Å²) in [7, 11) is 0. The number of hydrogen-bond donors (Lipinski definition) is 1. The molecule has 0 saturated carbocycles. The first-order valence-electron chi connectivity index (χ1n) is 4.88. The molecule has 2 aromatic rings. The first kappa shape index (κ1) is 13.1. The molecule has 1 aromatic carbocycles. The molecule has 0 bridgehead atoms. The summed E-state index contributed by atoms with van der Waals surface area (Å²) in [6, 6.07) is 8.01. The molecule has 0 unspecified atom stereocenters. The van der Waals surface area contributed by atoms with Gasteiger partial charge in [-0.3, -0.25) is 0 Å². The highest BCUT2D eigenvalue weighted by atomic mass is 127. The van der Waals surface area contributed by atoms with Gasteiger partial charge in [0.15, 0.2) is 0 Å². The van der Waals surface area contributed by atoms with Crippen molar-refractivity contribution in [1.82, 2.24) is 9.97 Å². The molecule has 1 aromatic heterocycles. The fourth-order valence-corrected chi connectivity index (χ4v) is 1.82.